The lowest BCUT2D eigenvalue weighted by molar-refractivity contribution is 0.0944. The van der Waals surface area contributed by atoms with Gasteiger partial charge in [-0.05, 0) is 17.5 Å². The Morgan fingerprint density at radius 1 is 1.52 bits per heavy atom. The van der Waals surface area contributed by atoms with Crippen molar-refractivity contribution in [3.05, 3.63) is 40.7 Å². The second-order valence-corrected chi connectivity index (χ2v) is 5.57. The van der Waals surface area contributed by atoms with Crippen LogP contribution in [0.15, 0.2) is 29.2 Å². The van der Waals surface area contributed by atoms with Crippen LogP contribution in [0.4, 0.5) is 0 Å². The number of nitrogens with zero attached hydrogens (tertiary/aromatic N) is 4. The second kappa shape index (κ2) is 7.16. The summed E-state index contributed by atoms with van der Waals surface area (Å²) in [5.41, 5.74) is 2.15. The van der Waals surface area contributed by atoms with Crippen LogP contribution < -0.4 is 5.32 Å². The lowest BCUT2D eigenvalue weighted by Crippen LogP contribution is -2.25. The monoisotopic (exact) mass is 332 g/mol. The summed E-state index contributed by atoms with van der Waals surface area (Å²) in [4.78, 5) is 12.2. The van der Waals surface area contributed by atoms with Gasteiger partial charge in [-0.3, -0.25) is 9.89 Å². The molecule has 3 aromatic rings. The molecule has 3 aromatic heterocycles. The molecule has 0 atom stereocenters. The Morgan fingerprint density at radius 3 is 3.22 bits per heavy atom. The number of aromatic amines is 1. The molecule has 0 unspecified atom stereocenters. The number of H-pyrrole nitrogens is 1. The van der Waals surface area contributed by atoms with E-state index < -0.39 is 0 Å². The molecule has 0 aliphatic carbocycles. The molecule has 3 rings (SSSR count). The predicted octanol–water partition coefficient (Wildman–Crippen LogP) is 1.31. The third-order valence-electron chi connectivity index (χ3n) is 3.28. The van der Waals surface area contributed by atoms with Crippen molar-refractivity contribution in [1.82, 2.24) is 30.3 Å². The fourth-order valence-electron chi connectivity index (χ4n) is 2.04. The summed E-state index contributed by atoms with van der Waals surface area (Å²) in [6.07, 6.45) is 1.62. The van der Waals surface area contributed by atoms with Crippen LogP contribution in [0.3, 0.4) is 0 Å². The zero-order valence-corrected chi connectivity index (χ0v) is 13.3. The summed E-state index contributed by atoms with van der Waals surface area (Å²) in [6.45, 7) is 1.49. The van der Waals surface area contributed by atoms with Crippen molar-refractivity contribution < 1.29 is 9.53 Å². The van der Waals surface area contributed by atoms with E-state index >= 15 is 0 Å². The molecule has 0 aliphatic heterocycles. The quantitative estimate of drug-likeness (QED) is 0.680. The Kier molecular flexibility index (Phi) is 4.79. The highest BCUT2D eigenvalue weighted by molar-refractivity contribution is 7.08. The van der Waals surface area contributed by atoms with E-state index in [1.807, 2.05) is 21.4 Å². The second-order valence-electron chi connectivity index (χ2n) is 4.79. The molecule has 0 saturated carbocycles. The first-order valence-electron chi connectivity index (χ1n) is 6.99. The minimum atomic E-state index is -0.236. The Balaban J connectivity index is 1.61. The minimum Gasteiger partial charge on any atom is -0.383 e. The molecule has 0 spiro atoms. The Labute approximate surface area is 136 Å². The van der Waals surface area contributed by atoms with Crippen LogP contribution >= 0.6 is 11.3 Å². The molecular formula is C14H16N6O2S. The van der Waals surface area contributed by atoms with Gasteiger partial charge in [0.25, 0.3) is 5.91 Å². The number of hydrogen-bond donors (Lipinski definition) is 2. The van der Waals surface area contributed by atoms with Gasteiger partial charge in [0.05, 0.1) is 18.8 Å². The third-order valence-corrected chi connectivity index (χ3v) is 3.96. The Hall–Kier alpha value is -2.52. The van der Waals surface area contributed by atoms with Crippen molar-refractivity contribution in [3.8, 4) is 11.3 Å². The van der Waals surface area contributed by atoms with Gasteiger partial charge >= 0.3 is 0 Å². The molecule has 0 saturated heterocycles. The standard InChI is InChI=1S/C14H16N6O2S/c1-22-4-3-20-9-16-19-13(20)7-15-14(21)12-6-11(17-18-12)10-2-5-23-8-10/h2,5-6,8-9H,3-4,7H2,1H3,(H,15,21)(H,17,18). The normalized spacial score (nSPS) is 10.8. The molecule has 0 radical (unpaired) electrons. The average Bonchev–Trinajstić information content (AvgIpc) is 3.31. The third kappa shape index (κ3) is 3.63. The van der Waals surface area contributed by atoms with Gasteiger partial charge in [0.2, 0.25) is 0 Å². The smallest absolute Gasteiger partial charge is 0.269 e. The van der Waals surface area contributed by atoms with Crippen molar-refractivity contribution in [3.63, 3.8) is 0 Å². The van der Waals surface area contributed by atoms with E-state index in [4.69, 9.17) is 4.74 Å². The number of carbonyl (C=O) groups excluding carboxylic acids is 1. The van der Waals surface area contributed by atoms with Gasteiger partial charge in [-0.2, -0.15) is 16.4 Å². The van der Waals surface area contributed by atoms with Crippen LogP contribution in [-0.2, 0) is 17.8 Å². The number of hydrogen-bond acceptors (Lipinski definition) is 6. The maximum absolute atomic E-state index is 12.2. The molecule has 120 valence electrons. The summed E-state index contributed by atoms with van der Waals surface area (Å²) in [7, 11) is 1.63. The Morgan fingerprint density at radius 2 is 2.43 bits per heavy atom. The highest BCUT2D eigenvalue weighted by Gasteiger charge is 2.12. The van der Waals surface area contributed by atoms with Crippen LogP contribution in [0.25, 0.3) is 11.3 Å². The van der Waals surface area contributed by atoms with Crippen LogP contribution in [0.1, 0.15) is 16.3 Å². The van der Waals surface area contributed by atoms with Crippen molar-refractivity contribution in [2.24, 2.45) is 0 Å². The van der Waals surface area contributed by atoms with Crippen LogP contribution in [0, 0.1) is 0 Å². The van der Waals surface area contributed by atoms with Crippen molar-refractivity contribution in [2.75, 3.05) is 13.7 Å². The molecule has 0 aliphatic rings. The summed E-state index contributed by atoms with van der Waals surface area (Å²) in [6, 6.07) is 3.69. The largest absolute Gasteiger partial charge is 0.383 e. The van der Waals surface area contributed by atoms with E-state index in [0.717, 1.165) is 11.3 Å². The van der Waals surface area contributed by atoms with E-state index in [1.54, 1.807) is 30.8 Å². The fraction of sp³-hybridized carbons (Fsp3) is 0.286. The van der Waals surface area contributed by atoms with E-state index in [2.05, 4.69) is 25.7 Å². The number of methoxy groups -OCH3 is 1. The van der Waals surface area contributed by atoms with E-state index in [9.17, 15) is 4.79 Å². The van der Waals surface area contributed by atoms with Crippen molar-refractivity contribution >= 4 is 17.2 Å². The number of nitrogens with one attached hydrogen (secondary N) is 2. The highest BCUT2D eigenvalue weighted by Crippen LogP contribution is 2.20. The maximum Gasteiger partial charge on any atom is 0.269 e. The van der Waals surface area contributed by atoms with Gasteiger partial charge < -0.3 is 14.6 Å². The summed E-state index contributed by atoms with van der Waals surface area (Å²) >= 11 is 1.59. The predicted molar refractivity (Wildman–Crippen MR) is 85.0 cm³/mol. The number of ether oxygens (including phenoxy) is 1. The van der Waals surface area contributed by atoms with Gasteiger partial charge in [0.1, 0.15) is 12.0 Å². The van der Waals surface area contributed by atoms with Gasteiger partial charge in [-0.25, -0.2) is 0 Å². The van der Waals surface area contributed by atoms with Crippen molar-refractivity contribution in [2.45, 2.75) is 13.1 Å². The number of rotatable bonds is 7. The summed E-state index contributed by atoms with van der Waals surface area (Å²) in [5.74, 6) is 0.438. The minimum absolute atomic E-state index is 0.236. The number of thiophene rings is 1. The zero-order valence-electron chi connectivity index (χ0n) is 12.5. The van der Waals surface area contributed by atoms with Gasteiger partial charge in [0.15, 0.2) is 5.82 Å². The van der Waals surface area contributed by atoms with Crippen LogP contribution in [0.5, 0.6) is 0 Å². The van der Waals surface area contributed by atoms with Gasteiger partial charge in [-0.1, -0.05) is 0 Å². The number of amides is 1. The lowest BCUT2D eigenvalue weighted by Gasteiger charge is -2.06. The molecule has 0 bridgehead atoms. The highest BCUT2D eigenvalue weighted by atomic mass is 32.1. The molecule has 3 heterocycles. The first kappa shape index (κ1) is 15.4. The van der Waals surface area contributed by atoms with E-state index in [0.29, 0.717) is 24.7 Å². The fourth-order valence-corrected chi connectivity index (χ4v) is 2.69. The zero-order chi connectivity index (χ0) is 16.1. The molecule has 0 aromatic carbocycles. The first-order chi connectivity index (χ1) is 11.3. The average molecular weight is 332 g/mol. The Bertz CT molecular complexity index is 764. The number of aromatic nitrogens is 5. The molecule has 9 heteroatoms. The SMILES string of the molecule is COCCn1cnnc1CNC(=O)c1cc(-c2ccsc2)n[nH]1. The molecule has 8 nitrogen and oxygen atoms in total. The summed E-state index contributed by atoms with van der Waals surface area (Å²) < 4.78 is 6.87. The molecule has 0 fully saturated rings. The van der Waals surface area contributed by atoms with Crippen molar-refractivity contribution in [1.29, 1.82) is 0 Å². The van der Waals surface area contributed by atoms with Crippen LogP contribution in [-0.4, -0.2) is 44.6 Å². The lowest BCUT2D eigenvalue weighted by atomic mass is 10.2. The molecule has 1 amide bonds. The topological polar surface area (TPSA) is 97.7 Å². The number of carbonyl (C=O) groups is 1. The van der Waals surface area contributed by atoms with E-state index in [1.165, 1.54) is 0 Å². The van der Waals surface area contributed by atoms with E-state index in [-0.39, 0.29) is 12.5 Å². The van der Waals surface area contributed by atoms with Crippen LogP contribution in [0.2, 0.25) is 0 Å². The van der Waals surface area contributed by atoms with Gasteiger partial charge in [-0.15, -0.1) is 10.2 Å². The van der Waals surface area contributed by atoms with Gasteiger partial charge in [0, 0.05) is 24.6 Å². The molecular weight excluding hydrogens is 316 g/mol. The molecule has 2 N–H and O–H groups in total. The molecule has 23 heavy (non-hydrogen) atoms. The maximum atomic E-state index is 12.2. The first-order valence-corrected chi connectivity index (χ1v) is 7.94. The summed E-state index contributed by atoms with van der Waals surface area (Å²) in [5, 5.41) is 21.5.